The smallest absolute Gasteiger partial charge is 0.410 e. The maximum Gasteiger partial charge on any atom is 0.410 e. The van der Waals surface area contributed by atoms with Gasteiger partial charge in [0, 0.05) is 25.7 Å². The maximum atomic E-state index is 12.9. The number of ether oxygens (including phenoxy) is 1. The first-order valence-corrected chi connectivity index (χ1v) is 9.64. The fraction of sp³-hybridized carbons (Fsp3) is 0.588. The van der Waals surface area contributed by atoms with Crippen LogP contribution in [0.25, 0.3) is 0 Å². The second kappa shape index (κ2) is 7.11. The van der Waals surface area contributed by atoms with Crippen LogP contribution in [0.2, 0.25) is 0 Å². The molecule has 1 fully saturated rings. The van der Waals surface area contributed by atoms with Gasteiger partial charge in [-0.05, 0) is 39.3 Å². The van der Waals surface area contributed by atoms with Crippen molar-refractivity contribution in [1.29, 1.82) is 0 Å². The van der Waals surface area contributed by atoms with E-state index in [1.54, 1.807) is 35.2 Å². The summed E-state index contributed by atoms with van der Waals surface area (Å²) in [7, 11) is -3.55. The number of amides is 1. The van der Waals surface area contributed by atoms with Gasteiger partial charge in [-0.25, -0.2) is 13.2 Å². The average Bonchev–Trinajstić information content (AvgIpc) is 2.53. The molecule has 1 aliphatic rings. The molecule has 24 heavy (non-hydrogen) atoms. The van der Waals surface area contributed by atoms with E-state index in [-0.39, 0.29) is 17.5 Å². The number of benzene rings is 1. The van der Waals surface area contributed by atoms with Crippen molar-refractivity contribution in [2.45, 2.75) is 50.7 Å². The number of sulfonamides is 1. The van der Waals surface area contributed by atoms with Crippen LogP contribution in [0.4, 0.5) is 4.79 Å². The summed E-state index contributed by atoms with van der Waals surface area (Å²) in [6.07, 6.45) is 0.239. The topological polar surface area (TPSA) is 66.9 Å². The van der Waals surface area contributed by atoms with E-state index in [1.807, 2.05) is 27.7 Å². The first kappa shape index (κ1) is 18.7. The second-order valence-electron chi connectivity index (χ2n) is 6.92. The lowest BCUT2D eigenvalue weighted by molar-refractivity contribution is 0.0130. The van der Waals surface area contributed by atoms with E-state index >= 15 is 0 Å². The largest absolute Gasteiger partial charge is 0.444 e. The van der Waals surface area contributed by atoms with Gasteiger partial charge < -0.3 is 9.64 Å². The molecule has 0 N–H and O–H groups in total. The fourth-order valence-electron chi connectivity index (χ4n) is 2.71. The Morgan fingerprint density at radius 1 is 1.21 bits per heavy atom. The molecular formula is C17H26N2O4S. The van der Waals surface area contributed by atoms with Crippen LogP contribution in [0, 0.1) is 0 Å². The summed E-state index contributed by atoms with van der Waals surface area (Å²) in [6.45, 7) is 8.33. The highest BCUT2D eigenvalue weighted by Crippen LogP contribution is 2.24. The highest BCUT2D eigenvalue weighted by Gasteiger charge is 2.37. The zero-order valence-corrected chi connectivity index (χ0v) is 15.5. The summed E-state index contributed by atoms with van der Waals surface area (Å²) >= 11 is 0. The molecule has 6 nitrogen and oxygen atoms in total. The number of nitrogens with zero attached hydrogens (tertiary/aromatic N) is 2. The van der Waals surface area contributed by atoms with Crippen LogP contribution in [-0.4, -0.2) is 55.0 Å². The highest BCUT2D eigenvalue weighted by molar-refractivity contribution is 7.89. The van der Waals surface area contributed by atoms with Gasteiger partial charge in [0.1, 0.15) is 5.60 Å². The third-order valence-electron chi connectivity index (χ3n) is 3.90. The molecule has 7 heteroatoms. The van der Waals surface area contributed by atoms with Crippen molar-refractivity contribution in [3.05, 3.63) is 30.3 Å². The van der Waals surface area contributed by atoms with Crippen molar-refractivity contribution in [2.75, 3.05) is 19.6 Å². The summed E-state index contributed by atoms with van der Waals surface area (Å²) in [5.74, 6) is 0. The van der Waals surface area contributed by atoms with Crippen molar-refractivity contribution in [2.24, 2.45) is 0 Å². The predicted molar refractivity (Wildman–Crippen MR) is 92.2 cm³/mol. The van der Waals surface area contributed by atoms with Gasteiger partial charge >= 0.3 is 6.09 Å². The predicted octanol–water partition coefficient (Wildman–Crippen LogP) is 2.71. The van der Waals surface area contributed by atoms with Crippen LogP contribution in [0.15, 0.2) is 35.2 Å². The fourth-order valence-corrected chi connectivity index (χ4v) is 4.41. The van der Waals surface area contributed by atoms with Crippen LogP contribution >= 0.6 is 0 Å². The number of rotatable bonds is 3. The Bertz CT molecular complexity index is 668. The molecule has 134 valence electrons. The molecule has 0 saturated carbocycles. The van der Waals surface area contributed by atoms with Crippen molar-refractivity contribution >= 4 is 16.1 Å². The molecule has 0 radical (unpaired) electrons. The zero-order chi connectivity index (χ0) is 18.0. The van der Waals surface area contributed by atoms with Gasteiger partial charge in [-0.3, -0.25) is 0 Å². The Hall–Kier alpha value is -1.60. The summed E-state index contributed by atoms with van der Waals surface area (Å²) in [6, 6.07) is 8.16. The number of hydrogen-bond acceptors (Lipinski definition) is 4. The van der Waals surface area contributed by atoms with Crippen LogP contribution < -0.4 is 0 Å². The number of hydrogen-bond donors (Lipinski definition) is 0. The van der Waals surface area contributed by atoms with Crippen molar-refractivity contribution in [3.8, 4) is 0 Å². The van der Waals surface area contributed by atoms with Crippen LogP contribution in [0.5, 0.6) is 0 Å². The maximum absolute atomic E-state index is 12.9. The molecule has 0 aliphatic carbocycles. The molecule has 0 aromatic heterocycles. The average molecular weight is 354 g/mol. The molecule has 1 aromatic rings. The van der Waals surface area contributed by atoms with Gasteiger partial charge in [0.25, 0.3) is 0 Å². The van der Waals surface area contributed by atoms with Crippen LogP contribution in [0.3, 0.4) is 0 Å². The van der Waals surface area contributed by atoms with Crippen LogP contribution in [0.1, 0.15) is 34.1 Å². The van der Waals surface area contributed by atoms with E-state index in [2.05, 4.69) is 0 Å². The summed E-state index contributed by atoms with van der Waals surface area (Å²) < 4.78 is 32.6. The minimum atomic E-state index is -3.55. The molecule has 1 aromatic carbocycles. The van der Waals surface area contributed by atoms with Crippen molar-refractivity contribution < 1.29 is 17.9 Å². The first-order valence-electron chi connectivity index (χ1n) is 8.20. The van der Waals surface area contributed by atoms with E-state index in [1.165, 1.54) is 4.31 Å². The molecule has 1 aliphatic heterocycles. The standard InChI is InChI=1S/C17H26N2O4S/c1-5-14-13-18(16(20)23-17(2,3)4)11-12-19(14)24(21,22)15-9-7-6-8-10-15/h6-10,14H,5,11-13H2,1-4H3/t14-/m0/s1. The Kier molecular flexibility index (Phi) is 5.55. The van der Waals surface area contributed by atoms with Gasteiger partial charge in [-0.15, -0.1) is 0 Å². The number of carbonyl (C=O) groups is 1. The molecule has 0 unspecified atom stereocenters. The quantitative estimate of drug-likeness (QED) is 0.837. The van der Waals surface area contributed by atoms with E-state index in [4.69, 9.17) is 4.74 Å². The molecule has 1 amide bonds. The van der Waals surface area contributed by atoms with Crippen molar-refractivity contribution in [3.63, 3.8) is 0 Å². The monoisotopic (exact) mass is 354 g/mol. The highest BCUT2D eigenvalue weighted by atomic mass is 32.2. The van der Waals surface area contributed by atoms with Crippen LogP contribution in [-0.2, 0) is 14.8 Å². The zero-order valence-electron chi connectivity index (χ0n) is 14.7. The lowest BCUT2D eigenvalue weighted by atomic mass is 10.1. The second-order valence-corrected chi connectivity index (χ2v) is 8.81. The SMILES string of the molecule is CC[C@H]1CN(C(=O)OC(C)(C)C)CCN1S(=O)(=O)c1ccccc1. The van der Waals surface area contributed by atoms with Gasteiger partial charge in [0.05, 0.1) is 4.90 Å². The summed E-state index contributed by atoms with van der Waals surface area (Å²) in [5.41, 5.74) is -0.563. The Labute approximate surface area is 144 Å². The molecule has 1 heterocycles. The third-order valence-corrected chi connectivity index (χ3v) is 5.87. The number of carbonyl (C=O) groups excluding carboxylic acids is 1. The lowest BCUT2D eigenvalue weighted by Crippen LogP contribution is -2.56. The van der Waals surface area contributed by atoms with Gasteiger partial charge in [0.2, 0.25) is 10.0 Å². The first-order chi connectivity index (χ1) is 11.1. The Morgan fingerprint density at radius 3 is 2.38 bits per heavy atom. The van der Waals surface area contributed by atoms with E-state index in [0.717, 1.165) is 0 Å². The molecule has 0 spiro atoms. The van der Waals surface area contributed by atoms with Gasteiger partial charge in [-0.1, -0.05) is 25.1 Å². The molecule has 1 saturated heterocycles. The summed E-state index contributed by atoms with van der Waals surface area (Å²) in [5, 5.41) is 0. The van der Waals surface area contributed by atoms with Gasteiger partial charge in [-0.2, -0.15) is 4.31 Å². The Morgan fingerprint density at radius 2 is 1.83 bits per heavy atom. The van der Waals surface area contributed by atoms with Gasteiger partial charge in [0.15, 0.2) is 0 Å². The summed E-state index contributed by atoms with van der Waals surface area (Å²) in [4.78, 5) is 14.1. The Balaban J connectivity index is 2.15. The minimum absolute atomic E-state index is 0.253. The molecule has 2 rings (SSSR count). The lowest BCUT2D eigenvalue weighted by Gasteiger charge is -2.40. The molecule has 0 bridgehead atoms. The minimum Gasteiger partial charge on any atom is -0.444 e. The molecular weight excluding hydrogens is 328 g/mol. The molecule has 1 atom stereocenters. The van der Waals surface area contributed by atoms with E-state index in [9.17, 15) is 13.2 Å². The van der Waals surface area contributed by atoms with E-state index in [0.29, 0.717) is 19.5 Å². The van der Waals surface area contributed by atoms with Crippen molar-refractivity contribution in [1.82, 2.24) is 9.21 Å². The third kappa shape index (κ3) is 4.27. The number of piperazine rings is 1. The van der Waals surface area contributed by atoms with E-state index < -0.39 is 21.7 Å². The normalized spacial score (nSPS) is 20.0.